The maximum Gasteiger partial charge on any atom is 0.321 e. The molecular weight excluding hydrogens is 234 g/mol. The van der Waals surface area contributed by atoms with Crippen LogP contribution in [0.2, 0.25) is 0 Å². The molecule has 0 saturated heterocycles. The van der Waals surface area contributed by atoms with Gasteiger partial charge in [0.1, 0.15) is 6.04 Å². The van der Waals surface area contributed by atoms with Gasteiger partial charge in [0.2, 0.25) is 0 Å². The van der Waals surface area contributed by atoms with E-state index in [9.17, 15) is 4.79 Å². The van der Waals surface area contributed by atoms with Crippen LogP contribution in [0.25, 0.3) is 0 Å². The van der Waals surface area contributed by atoms with Crippen LogP contribution in [0, 0.1) is 6.92 Å². The van der Waals surface area contributed by atoms with Crippen LogP contribution >= 0.6 is 11.8 Å². The highest BCUT2D eigenvalue weighted by Gasteiger charge is 2.32. The lowest BCUT2D eigenvalue weighted by Crippen LogP contribution is -2.46. The zero-order valence-electron chi connectivity index (χ0n) is 10.4. The molecule has 0 heterocycles. The minimum Gasteiger partial charge on any atom is -0.480 e. The number of aliphatic carboxylic acids is 1. The van der Waals surface area contributed by atoms with Crippen molar-refractivity contribution in [2.75, 3.05) is 0 Å². The number of rotatable bonds is 5. The third kappa shape index (κ3) is 4.06. The molecule has 1 unspecified atom stereocenters. The Morgan fingerprint density at radius 1 is 1.41 bits per heavy atom. The molecule has 0 bridgehead atoms. The zero-order chi connectivity index (χ0) is 13.1. The van der Waals surface area contributed by atoms with Gasteiger partial charge in [0, 0.05) is 10.5 Å². The fourth-order valence-corrected chi connectivity index (χ4v) is 2.35. The molecule has 0 amide bonds. The number of thioether (sulfide) groups is 1. The molecule has 4 heteroatoms. The first kappa shape index (κ1) is 14.1. The molecule has 3 N–H and O–H groups in total. The predicted octanol–water partition coefficient (Wildman–Crippen LogP) is 2.42. The van der Waals surface area contributed by atoms with Gasteiger partial charge >= 0.3 is 5.97 Å². The van der Waals surface area contributed by atoms with Gasteiger partial charge in [-0.3, -0.25) is 4.79 Å². The molecule has 0 spiro atoms. The summed E-state index contributed by atoms with van der Waals surface area (Å²) in [5.41, 5.74) is 8.07. The van der Waals surface area contributed by atoms with E-state index >= 15 is 0 Å². The molecule has 0 radical (unpaired) electrons. The fourth-order valence-electron chi connectivity index (χ4n) is 1.34. The molecule has 0 aliphatic carbocycles. The summed E-state index contributed by atoms with van der Waals surface area (Å²) in [6.45, 7) is 5.77. The highest BCUT2D eigenvalue weighted by Crippen LogP contribution is 2.30. The van der Waals surface area contributed by atoms with E-state index < -0.39 is 16.8 Å². The molecule has 1 atom stereocenters. The number of hydrogen-bond acceptors (Lipinski definition) is 3. The molecule has 0 aliphatic rings. The minimum atomic E-state index is -0.952. The Morgan fingerprint density at radius 3 is 2.41 bits per heavy atom. The lowest BCUT2D eigenvalue weighted by atomic mass is 10.1. The number of carbonyl (C=O) groups is 1. The van der Waals surface area contributed by atoms with Crippen molar-refractivity contribution in [2.45, 2.75) is 37.3 Å². The van der Waals surface area contributed by atoms with Gasteiger partial charge < -0.3 is 10.8 Å². The maximum atomic E-state index is 10.9. The second-order valence-corrected chi connectivity index (χ2v) is 6.32. The van der Waals surface area contributed by atoms with Crippen LogP contribution in [-0.2, 0) is 10.5 Å². The van der Waals surface area contributed by atoms with Crippen molar-refractivity contribution in [3.8, 4) is 0 Å². The van der Waals surface area contributed by atoms with Crippen LogP contribution in [0.4, 0.5) is 0 Å². The van der Waals surface area contributed by atoms with Gasteiger partial charge in [-0.15, -0.1) is 11.8 Å². The summed E-state index contributed by atoms with van der Waals surface area (Å²) < 4.78 is -0.475. The SMILES string of the molecule is Cc1ccc(CSC(C)(C)C(N)C(=O)O)cc1. The third-order valence-corrected chi connectivity index (χ3v) is 4.22. The van der Waals surface area contributed by atoms with E-state index in [1.54, 1.807) is 11.8 Å². The average Bonchev–Trinajstić information content (AvgIpc) is 2.27. The standard InChI is InChI=1S/C13H19NO2S/c1-9-4-6-10(7-5-9)8-17-13(2,3)11(14)12(15)16/h4-7,11H,8,14H2,1-3H3,(H,15,16). The molecular formula is C13H19NO2S. The first-order chi connectivity index (χ1) is 7.83. The number of nitrogens with two attached hydrogens (primary N) is 1. The van der Waals surface area contributed by atoms with Crippen LogP contribution in [0.5, 0.6) is 0 Å². The molecule has 0 saturated carbocycles. The smallest absolute Gasteiger partial charge is 0.321 e. The average molecular weight is 253 g/mol. The minimum absolute atomic E-state index is 0.475. The van der Waals surface area contributed by atoms with Crippen LogP contribution in [0.1, 0.15) is 25.0 Å². The molecule has 0 fully saturated rings. The van der Waals surface area contributed by atoms with Gasteiger partial charge in [0.05, 0.1) is 0 Å². The Kier molecular flexibility index (Phi) is 4.60. The number of aryl methyl sites for hydroxylation is 1. The summed E-state index contributed by atoms with van der Waals surface area (Å²) in [4.78, 5) is 10.9. The number of benzene rings is 1. The number of hydrogen-bond donors (Lipinski definition) is 2. The Bertz CT molecular complexity index is 387. The maximum absolute atomic E-state index is 10.9. The molecule has 1 rings (SSSR count). The first-order valence-electron chi connectivity index (χ1n) is 5.51. The zero-order valence-corrected chi connectivity index (χ0v) is 11.3. The Hall–Kier alpha value is -1.00. The molecule has 1 aromatic carbocycles. The normalized spacial score (nSPS) is 13.4. The largest absolute Gasteiger partial charge is 0.480 e. The van der Waals surface area contributed by atoms with Gasteiger partial charge in [-0.25, -0.2) is 0 Å². The second-order valence-electron chi connectivity index (χ2n) is 4.69. The highest BCUT2D eigenvalue weighted by molar-refractivity contribution is 7.99. The van der Waals surface area contributed by atoms with Crippen molar-refractivity contribution in [3.63, 3.8) is 0 Å². The molecule has 17 heavy (non-hydrogen) atoms. The fraction of sp³-hybridized carbons (Fsp3) is 0.462. The highest BCUT2D eigenvalue weighted by atomic mass is 32.2. The van der Waals surface area contributed by atoms with Gasteiger partial charge in [-0.05, 0) is 26.3 Å². The summed E-state index contributed by atoms with van der Waals surface area (Å²) in [6.07, 6.45) is 0. The van der Waals surface area contributed by atoms with Crippen LogP contribution in [0.15, 0.2) is 24.3 Å². The Balaban J connectivity index is 2.60. The van der Waals surface area contributed by atoms with Crippen LogP contribution in [0.3, 0.4) is 0 Å². The van der Waals surface area contributed by atoms with E-state index in [2.05, 4.69) is 24.3 Å². The van der Waals surface area contributed by atoms with Crippen molar-refractivity contribution in [2.24, 2.45) is 5.73 Å². The monoisotopic (exact) mass is 253 g/mol. The Labute approximate surface area is 106 Å². The summed E-state index contributed by atoms with van der Waals surface area (Å²) in [5.74, 6) is -0.180. The number of carboxylic acids is 1. The summed E-state index contributed by atoms with van der Waals surface area (Å²) in [7, 11) is 0. The predicted molar refractivity (Wildman–Crippen MR) is 72.2 cm³/mol. The van der Waals surface area contributed by atoms with Gasteiger partial charge in [-0.2, -0.15) is 0 Å². The van der Waals surface area contributed by atoms with E-state index in [1.807, 2.05) is 20.8 Å². The summed E-state index contributed by atoms with van der Waals surface area (Å²) >= 11 is 1.57. The Morgan fingerprint density at radius 2 is 1.94 bits per heavy atom. The summed E-state index contributed by atoms with van der Waals surface area (Å²) in [6, 6.07) is 7.38. The van der Waals surface area contributed by atoms with E-state index in [0.717, 1.165) is 5.75 Å². The topological polar surface area (TPSA) is 63.3 Å². The van der Waals surface area contributed by atoms with E-state index in [4.69, 9.17) is 10.8 Å². The van der Waals surface area contributed by atoms with E-state index in [-0.39, 0.29) is 0 Å². The van der Waals surface area contributed by atoms with Crippen LogP contribution < -0.4 is 5.73 Å². The molecule has 94 valence electrons. The van der Waals surface area contributed by atoms with Crippen molar-refractivity contribution < 1.29 is 9.90 Å². The number of carboxylic acid groups (broad SMARTS) is 1. The van der Waals surface area contributed by atoms with Crippen molar-refractivity contribution in [1.82, 2.24) is 0 Å². The lowest BCUT2D eigenvalue weighted by Gasteiger charge is -2.28. The first-order valence-corrected chi connectivity index (χ1v) is 6.49. The van der Waals surface area contributed by atoms with Crippen LogP contribution in [-0.4, -0.2) is 21.9 Å². The molecule has 3 nitrogen and oxygen atoms in total. The lowest BCUT2D eigenvalue weighted by molar-refractivity contribution is -0.139. The van der Waals surface area contributed by atoms with Gasteiger partial charge in [0.25, 0.3) is 0 Å². The molecule has 1 aromatic rings. The van der Waals surface area contributed by atoms with E-state index in [1.165, 1.54) is 11.1 Å². The van der Waals surface area contributed by atoms with Gasteiger partial charge in [-0.1, -0.05) is 29.8 Å². The van der Waals surface area contributed by atoms with E-state index in [0.29, 0.717) is 0 Å². The second kappa shape index (κ2) is 5.56. The summed E-state index contributed by atoms with van der Waals surface area (Å²) in [5, 5.41) is 8.91. The van der Waals surface area contributed by atoms with Crippen molar-refractivity contribution >= 4 is 17.7 Å². The van der Waals surface area contributed by atoms with Crippen molar-refractivity contribution in [3.05, 3.63) is 35.4 Å². The van der Waals surface area contributed by atoms with Crippen molar-refractivity contribution in [1.29, 1.82) is 0 Å². The van der Waals surface area contributed by atoms with Gasteiger partial charge in [0.15, 0.2) is 0 Å². The molecule has 0 aliphatic heterocycles. The quantitative estimate of drug-likeness (QED) is 0.846. The molecule has 0 aromatic heterocycles. The third-order valence-electron chi connectivity index (χ3n) is 2.75.